The number of methoxy groups -OCH3 is 1. The summed E-state index contributed by atoms with van der Waals surface area (Å²) in [5.41, 5.74) is 2.80. The van der Waals surface area contributed by atoms with E-state index in [9.17, 15) is 4.79 Å². The molecule has 0 spiro atoms. The fourth-order valence-electron chi connectivity index (χ4n) is 1.77. The van der Waals surface area contributed by atoms with Gasteiger partial charge in [0.1, 0.15) is 0 Å². The number of hydrogen-bond donors (Lipinski definition) is 0. The smallest absolute Gasteiger partial charge is 0.310 e. The average Bonchev–Trinajstić information content (AvgIpc) is 2.28. The van der Waals surface area contributed by atoms with E-state index in [0.29, 0.717) is 6.42 Å². The molecule has 0 atom stereocenters. The summed E-state index contributed by atoms with van der Waals surface area (Å²) in [5.74, 6) is -0.226. The quantitative estimate of drug-likeness (QED) is 0.721. The highest BCUT2D eigenvalue weighted by Gasteiger charge is 2.08. The van der Waals surface area contributed by atoms with Crippen molar-refractivity contribution in [3.63, 3.8) is 0 Å². The molecule has 1 aromatic carbocycles. The van der Waals surface area contributed by atoms with E-state index < -0.39 is 0 Å². The summed E-state index contributed by atoms with van der Waals surface area (Å²) >= 11 is 0. The average molecular weight is 215 g/mol. The number of hydrogen-bond acceptors (Lipinski definition) is 3. The number of nitrogens with zero attached hydrogens (tertiary/aromatic N) is 1. The molecule has 1 aromatic heterocycles. The van der Waals surface area contributed by atoms with Crippen LogP contribution in [0, 0.1) is 6.92 Å². The number of pyridine rings is 1. The van der Waals surface area contributed by atoms with Gasteiger partial charge in [-0.15, -0.1) is 0 Å². The SMILES string of the molecule is COC(=O)Cc1cc(C)nc2ccccc12. The standard InChI is InChI=1S/C13H13NO2/c1-9-7-10(8-13(15)16-2)11-5-3-4-6-12(11)14-9/h3-7H,8H2,1-2H3. The molecule has 0 saturated heterocycles. The van der Waals surface area contributed by atoms with Gasteiger partial charge in [0.2, 0.25) is 0 Å². The number of aryl methyl sites for hydroxylation is 1. The number of benzene rings is 1. The lowest BCUT2D eigenvalue weighted by atomic mass is 10.1. The van der Waals surface area contributed by atoms with E-state index in [2.05, 4.69) is 9.72 Å². The van der Waals surface area contributed by atoms with Crippen LogP contribution in [-0.2, 0) is 16.0 Å². The molecule has 0 saturated carbocycles. The summed E-state index contributed by atoms with van der Waals surface area (Å²) in [7, 11) is 1.40. The third kappa shape index (κ3) is 2.03. The van der Waals surface area contributed by atoms with E-state index in [4.69, 9.17) is 0 Å². The molecule has 3 heteroatoms. The minimum absolute atomic E-state index is 0.226. The first-order valence-electron chi connectivity index (χ1n) is 5.13. The topological polar surface area (TPSA) is 39.2 Å². The van der Waals surface area contributed by atoms with Crippen LogP contribution in [0.15, 0.2) is 30.3 Å². The fraction of sp³-hybridized carbons (Fsp3) is 0.231. The second-order valence-electron chi connectivity index (χ2n) is 3.69. The zero-order valence-electron chi connectivity index (χ0n) is 9.36. The Hall–Kier alpha value is -1.90. The summed E-state index contributed by atoms with van der Waals surface area (Å²) in [6.45, 7) is 1.92. The van der Waals surface area contributed by atoms with E-state index in [1.807, 2.05) is 37.3 Å². The Balaban J connectivity index is 2.54. The molecule has 0 fully saturated rings. The molecule has 0 bridgehead atoms. The van der Waals surface area contributed by atoms with Gasteiger partial charge in [-0.25, -0.2) is 0 Å². The molecule has 82 valence electrons. The molecule has 0 unspecified atom stereocenters. The number of rotatable bonds is 2. The highest BCUT2D eigenvalue weighted by Crippen LogP contribution is 2.18. The summed E-state index contributed by atoms with van der Waals surface area (Å²) < 4.78 is 4.68. The van der Waals surface area contributed by atoms with E-state index in [1.54, 1.807) is 0 Å². The van der Waals surface area contributed by atoms with Crippen LogP contribution in [0.5, 0.6) is 0 Å². The molecule has 0 radical (unpaired) electrons. The van der Waals surface area contributed by atoms with Crippen molar-refractivity contribution in [2.45, 2.75) is 13.3 Å². The number of esters is 1. The van der Waals surface area contributed by atoms with Crippen molar-refractivity contribution in [3.8, 4) is 0 Å². The van der Waals surface area contributed by atoms with Gasteiger partial charge >= 0.3 is 5.97 Å². The molecular formula is C13H13NO2. The predicted octanol–water partition coefficient (Wildman–Crippen LogP) is 2.26. The normalized spacial score (nSPS) is 10.4. The molecule has 3 nitrogen and oxygen atoms in total. The highest BCUT2D eigenvalue weighted by molar-refractivity contribution is 5.86. The van der Waals surface area contributed by atoms with E-state index in [1.165, 1.54) is 7.11 Å². The summed E-state index contributed by atoms with van der Waals surface area (Å²) in [5, 5.41) is 1.01. The second-order valence-corrected chi connectivity index (χ2v) is 3.69. The Kier molecular flexibility index (Phi) is 2.86. The van der Waals surface area contributed by atoms with Crippen LogP contribution in [0.1, 0.15) is 11.3 Å². The number of fused-ring (bicyclic) bond motifs is 1. The molecule has 0 amide bonds. The monoisotopic (exact) mass is 215 g/mol. The molecule has 2 rings (SSSR count). The number of para-hydroxylation sites is 1. The Bertz CT molecular complexity index is 534. The van der Waals surface area contributed by atoms with Crippen LogP contribution in [0.4, 0.5) is 0 Å². The number of carbonyl (C=O) groups excluding carboxylic acids is 1. The van der Waals surface area contributed by atoms with Gasteiger partial charge in [0.05, 0.1) is 19.0 Å². The van der Waals surface area contributed by atoms with Crippen molar-refractivity contribution in [3.05, 3.63) is 41.6 Å². The molecule has 2 aromatic rings. The molecule has 1 heterocycles. The van der Waals surface area contributed by atoms with E-state index >= 15 is 0 Å². The zero-order chi connectivity index (χ0) is 11.5. The Morgan fingerprint density at radius 1 is 1.38 bits per heavy atom. The number of aromatic nitrogens is 1. The first-order valence-corrected chi connectivity index (χ1v) is 5.13. The van der Waals surface area contributed by atoms with Crippen LogP contribution in [0.2, 0.25) is 0 Å². The van der Waals surface area contributed by atoms with Crippen molar-refractivity contribution >= 4 is 16.9 Å². The van der Waals surface area contributed by atoms with Crippen molar-refractivity contribution < 1.29 is 9.53 Å². The number of ether oxygens (including phenoxy) is 1. The van der Waals surface area contributed by atoms with Crippen LogP contribution < -0.4 is 0 Å². The van der Waals surface area contributed by atoms with Crippen LogP contribution in [-0.4, -0.2) is 18.1 Å². The van der Waals surface area contributed by atoms with Crippen molar-refractivity contribution in [1.29, 1.82) is 0 Å². The lowest BCUT2D eigenvalue weighted by Gasteiger charge is -2.06. The Labute approximate surface area is 94.1 Å². The maximum absolute atomic E-state index is 11.3. The molecule has 0 aliphatic rings. The second kappa shape index (κ2) is 4.31. The fourth-order valence-corrected chi connectivity index (χ4v) is 1.77. The molecule has 16 heavy (non-hydrogen) atoms. The van der Waals surface area contributed by atoms with Gasteiger partial charge in [-0.05, 0) is 24.6 Å². The zero-order valence-corrected chi connectivity index (χ0v) is 9.36. The minimum Gasteiger partial charge on any atom is -0.469 e. The summed E-state index contributed by atoms with van der Waals surface area (Å²) in [6.07, 6.45) is 0.292. The van der Waals surface area contributed by atoms with Gasteiger partial charge in [-0.3, -0.25) is 9.78 Å². The van der Waals surface area contributed by atoms with Gasteiger partial charge in [0.15, 0.2) is 0 Å². The lowest BCUT2D eigenvalue weighted by Crippen LogP contribution is -2.05. The molecule has 0 aliphatic carbocycles. The first kappa shape index (κ1) is 10.6. The summed E-state index contributed by atoms with van der Waals surface area (Å²) in [6, 6.07) is 9.74. The minimum atomic E-state index is -0.226. The lowest BCUT2D eigenvalue weighted by molar-refractivity contribution is -0.139. The summed E-state index contributed by atoms with van der Waals surface area (Å²) in [4.78, 5) is 15.7. The largest absolute Gasteiger partial charge is 0.469 e. The van der Waals surface area contributed by atoms with E-state index in [-0.39, 0.29) is 5.97 Å². The Morgan fingerprint density at radius 2 is 2.12 bits per heavy atom. The predicted molar refractivity (Wildman–Crippen MR) is 62.2 cm³/mol. The third-order valence-electron chi connectivity index (χ3n) is 2.49. The van der Waals surface area contributed by atoms with Crippen LogP contribution in [0.25, 0.3) is 10.9 Å². The maximum atomic E-state index is 11.3. The van der Waals surface area contributed by atoms with Gasteiger partial charge in [-0.2, -0.15) is 0 Å². The molecular weight excluding hydrogens is 202 g/mol. The maximum Gasteiger partial charge on any atom is 0.310 e. The van der Waals surface area contributed by atoms with Gasteiger partial charge < -0.3 is 4.74 Å². The van der Waals surface area contributed by atoms with Crippen molar-refractivity contribution in [2.75, 3.05) is 7.11 Å². The van der Waals surface area contributed by atoms with Gasteiger partial charge in [-0.1, -0.05) is 18.2 Å². The molecule has 0 N–H and O–H groups in total. The van der Waals surface area contributed by atoms with Gasteiger partial charge in [0, 0.05) is 11.1 Å². The van der Waals surface area contributed by atoms with Gasteiger partial charge in [0.25, 0.3) is 0 Å². The Morgan fingerprint density at radius 3 is 2.88 bits per heavy atom. The first-order chi connectivity index (χ1) is 7.70. The van der Waals surface area contributed by atoms with Crippen molar-refractivity contribution in [1.82, 2.24) is 4.98 Å². The van der Waals surface area contributed by atoms with Crippen LogP contribution in [0.3, 0.4) is 0 Å². The van der Waals surface area contributed by atoms with Crippen molar-refractivity contribution in [2.24, 2.45) is 0 Å². The van der Waals surface area contributed by atoms with E-state index in [0.717, 1.165) is 22.2 Å². The highest BCUT2D eigenvalue weighted by atomic mass is 16.5. The third-order valence-corrected chi connectivity index (χ3v) is 2.49. The number of carbonyl (C=O) groups is 1. The molecule has 0 aliphatic heterocycles. The van der Waals surface area contributed by atoms with Crippen LogP contribution >= 0.6 is 0 Å².